The van der Waals surface area contributed by atoms with Gasteiger partial charge in [0.15, 0.2) is 5.82 Å². The maximum absolute atomic E-state index is 5.69. The standard InChI is InChI=1S/C12H18N6O2/c1-4-19-7-10-14-9(16-13)6-11(15-10)20-12-5-8(2)17-18(12)3/h5-6H,4,7,13H2,1-3H3,(H,14,15,16). The molecular weight excluding hydrogens is 260 g/mol. The number of nitrogens with one attached hydrogen (secondary N) is 1. The minimum atomic E-state index is 0.298. The Hall–Kier alpha value is -2.19. The van der Waals surface area contributed by atoms with Crippen LogP contribution in [-0.4, -0.2) is 26.4 Å². The van der Waals surface area contributed by atoms with Crippen molar-refractivity contribution in [2.45, 2.75) is 20.5 Å². The van der Waals surface area contributed by atoms with Gasteiger partial charge in [0.05, 0.1) is 5.69 Å². The van der Waals surface area contributed by atoms with Gasteiger partial charge < -0.3 is 14.9 Å². The van der Waals surface area contributed by atoms with E-state index in [1.165, 1.54) is 0 Å². The van der Waals surface area contributed by atoms with Gasteiger partial charge in [-0.15, -0.1) is 0 Å². The van der Waals surface area contributed by atoms with Crippen LogP contribution in [0.1, 0.15) is 18.4 Å². The Labute approximate surface area is 116 Å². The van der Waals surface area contributed by atoms with Crippen LogP contribution in [0, 0.1) is 6.92 Å². The molecule has 0 aliphatic carbocycles. The van der Waals surface area contributed by atoms with Crippen molar-refractivity contribution in [2.24, 2.45) is 12.9 Å². The number of nitrogen functional groups attached to an aromatic ring is 1. The third kappa shape index (κ3) is 3.43. The van der Waals surface area contributed by atoms with Crippen LogP contribution in [0.3, 0.4) is 0 Å². The summed E-state index contributed by atoms with van der Waals surface area (Å²) in [6.07, 6.45) is 0. The van der Waals surface area contributed by atoms with Crippen molar-refractivity contribution in [3.8, 4) is 11.8 Å². The van der Waals surface area contributed by atoms with Crippen molar-refractivity contribution >= 4 is 5.82 Å². The highest BCUT2D eigenvalue weighted by Crippen LogP contribution is 2.21. The minimum Gasteiger partial charge on any atom is -0.421 e. The van der Waals surface area contributed by atoms with Crippen LogP contribution in [0.4, 0.5) is 5.82 Å². The molecule has 0 spiro atoms. The van der Waals surface area contributed by atoms with Gasteiger partial charge in [0.25, 0.3) is 0 Å². The molecule has 0 aliphatic rings. The number of nitrogens with two attached hydrogens (primary N) is 1. The van der Waals surface area contributed by atoms with Crippen molar-refractivity contribution in [2.75, 3.05) is 12.0 Å². The lowest BCUT2D eigenvalue weighted by Gasteiger charge is -2.08. The first-order valence-electron chi connectivity index (χ1n) is 6.23. The summed E-state index contributed by atoms with van der Waals surface area (Å²) in [4.78, 5) is 8.45. The van der Waals surface area contributed by atoms with E-state index in [-0.39, 0.29) is 0 Å². The van der Waals surface area contributed by atoms with Crippen molar-refractivity contribution in [1.82, 2.24) is 19.7 Å². The Balaban J connectivity index is 2.23. The molecule has 0 unspecified atom stereocenters. The van der Waals surface area contributed by atoms with Gasteiger partial charge in [-0.3, -0.25) is 0 Å². The van der Waals surface area contributed by atoms with E-state index >= 15 is 0 Å². The smallest absolute Gasteiger partial charge is 0.226 e. The number of rotatable bonds is 6. The average molecular weight is 278 g/mol. The second-order valence-electron chi connectivity index (χ2n) is 4.14. The molecule has 3 N–H and O–H groups in total. The van der Waals surface area contributed by atoms with Crippen LogP contribution < -0.4 is 16.0 Å². The Bertz CT molecular complexity index is 583. The predicted molar refractivity (Wildman–Crippen MR) is 73.2 cm³/mol. The van der Waals surface area contributed by atoms with Crippen molar-refractivity contribution in [1.29, 1.82) is 0 Å². The van der Waals surface area contributed by atoms with Crippen LogP contribution >= 0.6 is 0 Å². The molecule has 2 aromatic heterocycles. The van der Waals surface area contributed by atoms with E-state index in [0.717, 1.165) is 5.69 Å². The summed E-state index contributed by atoms with van der Waals surface area (Å²) in [5.41, 5.74) is 3.34. The first-order valence-corrected chi connectivity index (χ1v) is 6.23. The fourth-order valence-corrected chi connectivity index (χ4v) is 1.65. The van der Waals surface area contributed by atoms with Crippen LogP contribution in [-0.2, 0) is 18.4 Å². The summed E-state index contributed by atoms with van der Waals surface area (Å²) in [5, 5.41) is 4.21. The molecule has 0 radical (unpaired) electrons. The molecule has 8 nitrogen and oxygen atoms in total. The maximum Gasteiger partial charge on any atom is 0.226 e. The highest BCUT2D eigenvalue weighted by Gasteiger charge is 2.09. The zero-order chi connectivity index (χ0) is 14.5. The van der Waals surface area contributed by atoms with Gasteiger partial charge in [-0.1, -0.05) is 0 Å². The topological polar surface area (TPSA) is 100 Å². The predicted octanol–water partition coefficient (Wildman–Crippen LogP) is 1.13. The molecule has 0 saturated carbocycles. The highest BCUT2D eigenvalue weighted by molar-refractivity contribution is 5.38. The molecule has 2 aromatic rings. The Kier molecular flexibility index (Phi) is 4.49. The molecule has 20 heavy (non-hydrogen) atoms. The van der Waals surface area contributed by atoms with E-state index < -0.39 is 0 Å². The minimum absolute atomic E-state index is 0.298. The number of anilines is 1. The lowest BCUT2D eigenvalue weighted by Crippen LogP contribution is -2.11. The monoisotopic (exact) mass is 278 g/mol. The number of ether oxygens (including phenoxy) is 2. The molecule has 0 amide bonds. The summed E-state index contributed by atoms with van der Waals surface area (Å²) in [7, 11) is 1.80. The zero-order valence-electron chi connectivity index (χ0n) is 11.8. The van der Waals surface area contributed by atoms with E-state index in [1.807, 2.05) is 19.9 Å². The van der Waals surface area contributed by atoms with E-state index in [0.29, 0.717) is 36.6 Å². The quantitative estimate of drug-likeness (QED) is 0.603. The molecular formula is C12H18N6O2. The first-order chi connectivity index (χ1) is 9.62. The lowest BCUT2D eigenvalue weighted by molar-refractivity contribution is 0.128. The number of nitrogens with zero attached hydrogens (tertiary/aromatic N) is 4. The van der Waals surface area contributed by atoms with Gasteiger partial charge in [0, 0.05) is 25.8 Å². The first kappa shape index (κ1) is 14.2. The number of aromatic nitrogens is 4. The van der Waals surface area contributed by atoms with Crippen LogP contribution in [0.2, 0.25) is 0 Å². The van der Waals surface area contributed by atoms with E-state index in [2.05, 4.69) is 20.5 Å². The lowest BCUT2D eigenvalue weighted by atomic mass is 10.5. The van der Waals surface area contributed by atoms with Gasteiger partial charge >= 0.3 is 0 Å². The molecule has 0 fully saturated rings. The Morgan fingerprint density at radius 3 is 2.75 bits per heavy atom. The Morgan fingerprint density at radius 1 is 1.35 bits per heavy atom. The highest BCUT2D eigenvalue weighted by atomic mass is 16.5. The number of aryl methyl sites for hydroxylation is 2. The molecule has 0 aromatic carbocycles. The normalized spacial score (nSPS) is 10.6. The van der Waals surface area contributed by atoms with Crippen LogP contribution in [0.25, 0.3) is 0 Å². The fraction of sp³-hybridized carbons (Fsp3) is 0.417. The van der Waals surface area contributed by atoms with Crippen molar-refractivity contribution < 1.29 is 9.47 Å². The van der Waals surface area contributed by atoms with Gasteiger partial charge in [-0.05, 0) is 13.8 Å². The fourth-order valence-electron chi connectivity index (χ4n) is 1.65. The molecule has 0 atom stereocenters. The summed E-state index contributed by atoms with van der Waals surface area (Å²) >= 11 is 0. The largest absolute Gasteiger partial charge is 0.421 e. The Morgan fingerprint density at radius 2 is 2.15 bits per heavy atom. The second kappa shape index (κ2) is 6.31. The summed E-state index contributed by atoms with van der Waals surface area (Å²) in [6, 6.07) is 3.43. The molecule has 0 saturated heterocycles. The molecule has 8 heteroatoms. The average Bonchev–Trinajstić information content (AvgIpc) is 2.74. The molecule has 0 bridgehead atoms. The van der Waals surface area contributed by atoms with Crippen molar-refractivity contribution in [3.63, 3.8) is 0 Å². The molecule has 108 valence electrons. The van der Waals surface area contributed by atoms with Crippen LogP contribution in [0.5, 0.6) is 11.8 Å². The van der Waals surface area contributed by atoms with E-state index in [9.17, 15) is 0 Å². The van der Waals surface area contributed by atoms with Gasteiger partial charge in [0.1, 0.15) is 12.4 Å². The number of hydrazine groups is 1. The van der Waals surface area contributed by atoms with E-state index in [1.54, 1.807) is 17.8 Å². The second-order valence-corrected chi connectivity index (χ2v) is 4.14. The number of hydrogen-bond acceptors (Lipinski definition) is 7. The molecule has 0 aliphatic heterocycles. The van der Waals surface area contributed by atoms with Crippen molar-refractivity contribution in [3.05, 3.63) is 23.7 Å². The summed E-state index contributed by atoms with van der Waals surface area (Å²) in [5.74, 6) is 7.32. The van der Waals surface area contributed by atoms with E-state index in [4.69, 9.17) is 15.3 Å². The summed E-state index contributed by atoms with van der Waals surface area (Å²) in [6.45, 7) is 4.68. The third-order valence-corrected chi connectivity index (χ3v) is 2.50. The van der Waals surface area contributed by atoms with Gasteiger partial charge in [-0.25, -0.2) is 15.5 Å². The SMILES string of the molecule is CCOCc1nc(NN)cc(Oc2cc(C)nn2C)n1. The van der Waals surface area contributed by atoms with Gasteiger partial charge in [-0.2, -0.15) is 10.1 Å². The molecule has 2 rings (SSSR count). The summed E-state index contributed by atoms with van der Waals surface area (Å²) < 4.78 is 12.6. The zero-order valence-corrected chi connectivity index (χ0v) is 11.8. The maximum atomic E-state index is 5.69. The van der Waals surface area contributed by atoms with Gasteiger partial charge in [0.2, 0.25) is 11.8 Å². The molecule has 2 heterocycles. The number of hydrogen-bond donors (Lipinski definition) is 2. The third-order valence-electron chi connectivity index (χ3n) is 2.50. The van der Waals surface area contributed by atoms with Crippen LogP contribution in [0.15, 0.2) is 12.1 Å².